The molecule has 0 fully saturated rings. The third kappa shape index (κ3) is 2.30. The number of benzene rings is 1. The van der Waals surface area contributed by atoms with Crippen molar-refractivity contribution in [2.24, 2.45) is 0 Å². The number of aromatic carboxylic acids is 1. The molecule has 0 saturated carbocycles. The number of thioether (sulfide) groups is 1. The Labute approximate surface area is 124 Å². The molecule has 0 aliphatic rings. The summed E-state index contributed by atoms with van der Waals surface area (Å²) in [5, 5.41) is 12.0. The largest absolute Gasteiger partial charge is 0.478 e. The van der Waals surface area contributed by atoms with Gasteiger partial charge in [0.25, 0.3) is 0 Å². The van der Waals surface area contributed by atoms with E-state index in [1.165, 1.54) is 0 Å². The molecular weight excluding hydrogens is 290 g/mol. The van der Waals surface area contributed by atoms with Gasteiger partial charge in [-0.2, -0.15) is 0 Å². The van der Waals surface area contributed by atoms with E-state index in [4.69, 9.17) is 0 Å². The fourth-order valence-corrected chi connectivity index (χ4v) is 3.18. The molecule has 0 bridgehead atoms. The van der Waals surface area contributed by atoms with Crippen molar-refractivity contribution in [1.82, 2.24) is 4.98 Å². The second-order valence-corrected chi connectivity index (χ2v) is 6.05. The molecule has 0 saturated heterocycles. The summed E-state index contributed by atoms with van der Waals surface area (Å²) in [4.78, 5) is 18.1. The number of rotatable bonds is 3. The Kier molecular flexibility index (Phi) is 3.46. The van der Waals surface area contributed by atoms with Gasteiger partial charge in [0, 0.05) is 10.3 Å². The summed E-state index contributed by atoms with van der Waals surface area (Å²) in [6, 6.07) is 11.2. The van der Waals surface area contributed by atoms with E-state index in [1.54, 1.807) is 29.2 Å². The Bertz CT molecular complexity index is 782. The molecule has 1 aromatic carbocycles. The van der Waals surface area contributed by atoms with Crippen molar-refractivity contribution in [2.45, 2.75) is 4.90 Å². The maximum absolute atomic E-state index is 11.5. The zero-order valence-electron chi connectivity index (χ0n) is 10.7. The lowest BCUT2D eigenvalue weighted by molar-refractivity contribution is 0.0699. The summed E-state index contributed by atoms with van der Waals surface area (Å²) in [5.74, 6) is -0.924. The van der Waals surface area contributed by atoms with Crippen LogP contribution in [0.1, 0.15) is 10.4 Å². The van der Waals surface area contributed by atoms with E-state index in [9.17, 15) is 9.90 Å². The summed E-state index contributed by atoms with van der Waals surface area (Å²) in [6.45, 7) is 0. The zero-order valence-corrected chi connectivity index (χ0v) is 12.3. The van der Waals surface area contributed by atoms with Crippen molar-refractivity contribution < 1.29 is 9.90 Å². The van der Waals surface area contributed by atoms with Crippen LogP contribution in [-0.2, 0) is 0 Å². The molecule has 3 aromatic rings. The van der Waals surface area contributed by atoms with Gasteiger partial charge in [0.2, 0.25) is 0 Å². The first-order valence-corrected chi connectivity index (χ1v) is 8.05. The summed E-state index contributed by atoms with van der Waals surface area (Å²) in [6.07, 6.45) is 1.99. The third-order valence-electron chi connectivity index (χ3n) is 3.02. The van der Waals surface area contributed by atoms with Crippen LogP contribution in [0.4, 0.5) is 0 Å². The molecule has 20 heavy (non-hydrogen) atoms. The average Bonchev–Trinajstić information content (AvgIpc) is 2.99. The van der Waals surface area contributed by atoms with Crippen molar-refractivity contribution in [3.63, 3.8) is 0 Å². The summed E-state index contributed by atoms with van der Waals surface area (Å²) in [7, 11) is 0. The summed E-state index contributed by atoms with van der Waals surface area (Å²) >= 11 is 3.17. The van der Waals surface area contributed by atoms with Crippen molar-refractivity contribution >= 4 is 40.0 Å². The first kappa shape index (κ1) is 13.1. The Morgan fingerprint density at radius 3 is 2.80 bits per heavy atom. The maximum Gasteiger partial charge on any atom is 0.336 e. The number of thiophene rings is 1. The lowest BCUT2D eigenvalue weighted by atomic mass is 10.1. The molecule has 1 N–H and O–H groups in total. The van der Waals surface area contributed by atoms with Crippen molar-refractivity contribution in [3.05, 3.63) is 47.3 Å². The van der Waals surface area contributed by atoms with E-state index in [2.05, 4.69) is 4.98 Å². The van der Waals surface area contributed by atoms with Crippen LogP contribution in [0.2, 0.25) is 0 Å². The molecule has 0 spiro atoms. The van der Waals surface area contributed by atoms with Gasteiger partial charge in [0.05, 0.1) is 21.7 Å². The minimum atomic E-state index is -0.924. The van der Waals surface area contributed by atoms with Crippen LogP contribution in [0.5, 0.6) is 0 Å². The third-order valence-corrected chi connectivity index (χ3v) is 4.64. The first-order valence-electron chi connectivity index (χ1n) is 5.95. The highest BCUT2D eigenvalue weighted by atomic mass is 32.2. The number of pyridine rings is 1. The zero-order chi connectivity index (χ0) is 14.1. The summed E-state index contributed by atoms with van der Waals surface area (Å²) in [5.41, 5.74) is 1.73. The van der Waals surface area contributed by atoms with E-state index < -0.39 is 5.97 Å². The first-order chi connectivity index (χ1) is 9.69. The number of hydrogen-bond donors (Lipinski definition) is 1. The standard InChI is InChI=1S/C15H11NO2S2/c1-19-9-4-5-10-11(15(17)18)8-13(16-12(10)7-9)14-3-2-6-20-14/h2-8H,1H3,(H,17,18). The predicted molar refractivity (Wildman–Crippen MR) is 83.8 cm³/mol. The molecule has 0 amide bonds. The van der Waals surface area contributed by atoms with E-state index in [0.717, 1.165) is 15.3 Å². The molecule has 3 rings (SSSR count). The molecule has 0 aliphatic carbocycles. The Morgan fingerprint density at radius 2 is 2.15 bits per heavy atom. The Balaban J connectivity index is 2.31. The van der Waals surface area contributed by atoms with Crippen LogP contribution in [-0.4, -0.2) is 22.3 Å². The Morgan fingerprint density at radius 1 is 1.30 bits per heavy atom. The fourth-order valence-electron chi connectivity index (χ4n) is 2.06. The molecule has 0 atom stereocenters. The number of aromatic nitrogens is 1. The fraction of sp³-hybridized carbons (Fsp3) is 0.0667. The highest BCUT2D eigenvalue weighted by molar-refractivity contribution is 7.98. The van der Waals surface area contributed by atoms with E-state index in [0.29, 0.717) is 16.6 Å². The van der Waals surface area contributed by atoms with Gasteiger partial charge in [0.1, 0.15) is 0 Å². The molecule has 100 valence electrons. The van der Waals surface area contributed by atoms with Gasteiger partial charge in [-0.05, 0) is 35.9 Å². The van der Waals surface area contributed by atoms with Crippen molar-refractivity contribution in [3.8, 4) is 10.6 Å². The van der Waals surface area contributed by atoms with Gasteiger partial charge >= 0.3 is 5.97 Å². The molecule has 2 heterocycles. The molecule has 2 aromatic heterocycles. The monoisotopic (exact) mass is 301 g/mol. The highest BCUT2D eigenvalue weighted by Gasteiger charge is 2.13. The minimum absolute atomic E-state index is 0.297. The maximum atomic E-state index is 11.5. The predicted octanol–water partition coefficient (Wildman–Crippen LogP) is 4.38. The van der Waals surface area contributed by atoms with Crippen LogP contribution >= 0.6 is 23.1 Å². The molecular formula is C15H11NO2S2. The normalized spacial score (nSPS) is 10.8. The number of carboxylic acid groups (broad SMARTS) is 1. The van der Waals surface area contributed by atoms with E-state index in [-0.39, 0.29) is 0 Å². The van der Waals surface area contributed by atoms with Crippen LogP contribution < -0.4 is 0 Å². The lowest BCUT2D eigenvalue weighted by Gasteiger charge is -2.07. The van der Waals surface area contributed by atoms with E-state index >= 15 is 0 Å². The van der Waals surface area contributed by atoms with Gasteiger partial charge in [-0.3, -0.25) is 0 Å². The van der Waals surface area contributed by atoms with Gasteiger partial charge in [0.15, 0.2) is 0 Å². The highest BCUT2D eigenvalue weighted by Crippen LogP contribution is 2.29. The van der Waals surface area contributed by atoms with Crippen LogP contribution in [0.3, 0.4) is 0 Å². The smallest absolute Gasteiger partial charge is 0.336 e. The molecule has 0 unspecified atom stereocenters. The summed E-state index contributed by atoms with van der Waals surface area (Å²) < 4.78 is 0. The number of carboxylic acids is 1. The van der Waals surface area contributed by atoms with Gasteiger partial charge < -0.3 is 5.11 Å². The van der Waals surface area contributed by atoms with Crippen LogP contribution in [0.25, 0.3) is 21.5 Å². The van der Waals surface area contributed by atoms with Crippen LogP contribution in [0, 0.1) is 0 Å². The average molecular weight is 301 g/mol. The SMILES string of the molecule is CSc1ccc2c(C(=O)O)cc(-c3cccs3)nc2c1. The molecule has 0 radical (unpaired) electrons. The second kappa shape index (κ2) is 5.26. The second-order valence-electron chi connectivity index (χ2n) is 4.22. The lowest BCUT2D eigenvalue weighted by Crippen LogP contribution is -2.00. The molecule has 3 nitrogen and oxygen atoms in total. The van der Waals surface area contributed by atoms with Crippen LogP contribution in [0.15, 0.2) is 46.7 Å². The van der Waals surface area contributed by atoms with Crippen molar-refractivity contribution in [2.75, 3.05) is 6.26 Å². The molecule has 0 aliphatic heterocycles. The van der Waals surface area contributed by atoms with Crippen molar-refractivity contribution in [1.29, 1.82) is 0 Å². The number of carbonyl (C=O) groups is 1. The number of fused-ring (bicyclic) bond motifs is 1. The number of hydrogen-bond acceptors (Lipinski definition) is 4. The Hall–Kier alpha value is -1.85. The minimum Gasteiger partial charge on any atom is -0.478 e. The van der Waals surface area contributed by atoms with E-state index in [1.807, 2.05) is 42.0 Å². The van der Waals surface area contributed by atoms with Gasteiger partial charge in [-0.15, -0.1) is 23.1 Å². The number of nitrogens with zero attached hydrogens (tertiary/aromatic N) is 1. The topological polar surface area (TPSA) is 50.2 Å². The van der Waals surface area contributed by atoms with Gasteiger partial charge in [-0.25, -0.2) is 9.78 Å². The molecule has 5 heteroatoms. The quantitative estimate of drug-likeness (QED) is 0.729. The van der Waals surface area contributed by atoms with Gasteiger partial charge in [-0.1, -0.05) is 12.1 Å².